The Labute approximate surface area is 244 Å². The van der Waals surface area contributed by atoms with Crippen molar-refractivity contribution in [2.75, 3.05) is 19.6 Å². The molecule has 2 heterocycles. The molecular formula is C29H27BrClN5O4. The third-order valence-electron chi connectivity index (χ3n) is 7.33. The second-order valence-corrected chi connectivity index (χ2v) is 11.1. The molecule has 0 bridgehead atoms. The molecule has 0 saturated carbocycles. The van der Waals surface area contributed by atoms with Crippen LogP contribution in [0.4, 0.5) is 5.69 Å². The Balaban J connectivity index is 1.47. The predicted octanol–water partition coefficient (Wildman–Crippen LogP) is 6.01. The van der Waals surface area contributed by atoms with E-state index in [1.165, 1.54) is 18.2 Å². The molecule has 40 heavy (non-hydrogen) atoms. The number of non-ortho nitro benzene ring substituents is 1. The van der Waals surface area contributed by atoms with E-state index >= 15 is 0 Å². The maximum absolute atomic E-state index is 13.8. The summed E-state index contributed by atoms with van der Waals surface area (Å²) in [6, 6.07) is 18.5. The minimum atomic E-state index is -0.541. The zero-order valence-corrected chi connectivity index (χ0v) is 24.3. The van der Waals surface area contributed by atoms with Gasteiger partial charge in [0.2, 0.25) is 0 Å². The Morgan fingerprint density at radius 2 is 1.88 bits per heavy atom. The standard InChI is InChI=1S/C29H27BrClN5O4/c1-3-26(27-32-25-7-5-4-6-23(25)29(38)35(27)20-10-8-19(30)9-11-20)33-14-15-34(18(2)17-33)28(37)22-13-12-21(36(39)40)16-24(22)31/h4-13,16,18,26H,3,14-15,17H2,1-2H3. The number of para-hydroxylation sites is 1. The second-order valence-electron chi connectivity index (χ2n) is 9.79. The van der Waals surface area contributed by atoms with E-state index in [2.05, 4.69) is 27.8 Å². The lowest BCUT2D eigenvalue weighted by molar-refractivity contribution is -0.384. The number of amides is 1. The molecule has 1 amide bonds. The number of hydrogen-bond acceptors (Lipinski definition) is 6. The van der Waals surface area contributed by atoms with Gasteiger partial charge in [0, 0.05) is 42.3 Å². The average Bonchev–Trinajstić information content (AvgIpc) is 2.94. The molecule has 2 unspecified atom stereocenters. The summed E-state index contributed by atoms with van der Waals surface area (Å²) in [6.45, 7) is 5.57. The molecule has 5 rings (SSSR count). The monoisotopic (exact) mass is 623 g/mol. The fourth-order valence-corrected chi connectivity index (χ4v) is 5.85. The molecule has 0 spiro atoms. The summed E-state index contributed by atoms with van der Waals surface area (Å²) in [6.07, 6.45) is 0.705. The smallest absolute Gasteiger partial charge is 0.270 e. The summed E-state index contributed by atoms with van der Waals surface area (Å²) >= 11 is 9.73. The maximum Gasteiger partial charge on any atom is 0.270 e. The lowest BCUT2D eigenvalue weighted by atomic mass is 10.1. The summed E-state index contributed by atoms with van der Waals surface area (Å²) in [5.74, 6) is 0.384. The Morgan fingerprint density at radius 3 is 2.52 bits per heavy atom. The van der Waals surface area contributed by atoms with Gasteiger partial charge in [-0.1, -0.05) is 46.6 Å². The molecule has 11 heteroatoms. The summed E-state index contributed by atoms with van der Waals surface area (Å²) in [5, 5.41) is 11.7. The summed E-state index contributed by atoms with van der Waals surface area (Å²) < 4.78 is 2.61. The minimum absolute atomic E-state index is 0.0548. The van der Waals surface area contributed by atoms with Crippen LogP contribution in [0.1, 0.15) is 42.5 Å². The largest absolute Gasteiger partial charge is 0.333 e. The van der Waals surface area contributed by atoms with Gasteiger partial charge >= 0.3 is 0 Å². The van der Waals surface area contributed by atoms with Gasteiger partial charge in [-0.3, -0.25) is 29.2 Å². The fraction of sp³-hybridized carbons (Fsp3) is 0.276. The van der Waals surface area contributed by atoms with Gasteiger partial charge in [-0.15, -0.1) is 0 Å². The number of fused-ring (bicyclic) bond motifs is 1. The van der Waals surface area contributed by atoms with Gasteiger partial charge in [0.15, 0.2) is 0 Å². The van der Waals surface area contributed by atoms with Crippen molar-refractivity contribution in [1.82, 2.24) is 19.4 Å². The average molecular weight is 625 g/mol. The van der Waals surface area contributed by atoms with Crippen molar-refractivity contribution in [2.45, 2.75) is 32.4 Å². The van der Waals surface area contributed by atoms with E-state index in [-0.39, 0.29) is 39.8 Å². The van der Waals surface area contributed by atoms with Crippen molar-refractivity contribution < 1.29 is 9.72 Å². The Morgan fingerprint density at radius 1 is 1.15 bits per heavy atom. The highest BCUT2D eigenvalue weighted by Crippen LogP contribution is 2.30. The highest BCUT2D eigenvalue weighted by molar-refractivity contribution is 9.10. The number of piperazine rings is 1. The van der Waals surface area contributed by atoms with Crippen molar-refractivity contribution >= 4 is 50.0 Å². The van der Waals surface area contributed by atoms with Crippen molar-refractivity contribution in [3.05, 3.63) is 108 Å². The summed E-state index contributed by atoms with van der Waals surface area (Å²) in [4.78, 5) is 46.7. The molecule has 0 N–H and O–H groups in total. The Bertz CT molecular complexity index is 1660. The van der Waals surface area contributed by atoms with Gasteiger partial charge in [0.25, 0.3) is 17.2 Å². The number of halogens is 2. The Kier molecular flexibility index (Phi) is 8.02. The summed E-state index contributed by atoms with van der Waals surface area (Å²) in [7, 11) is 0. The molecular weight excluding hydrogens is 598 g/mol. The molecule has 0 radical (unpaired) electrons. The van der Waals surface area contributed by atoms with E-state index in [0.29, 0.717) is 42.8 Å². The zero-order valence-electron chi connectivity index (χ0n) is 22.0. The number of carbonyl (C=O) groups is 1. The minimum Gasteiger partial charge on any atom is -0.333 e. The lowest BCUT2D eigenvalue weighted by Crippen LogP contribution is -2.55. The summed E-state index contributed by atoms with van der Waals surface area (Å²) in [5.41, 5.74) is 1.32. The van der Waals surface area contributed by atoms with Crippen LogP contribution >= 0.6 is 27.5 Å². The van der Waals surface area contributed by atoms with Crippen LogP contribution in [0.15, 0.2) is 76.0 Å². The number of benzene rings is 3. The molecule has 1 aromatic heterocycles. The first kappa shape index (κ1) is 27.9. The molecule has 1 aliphatic heterocycles. The number of nitrogens with zero attached hydrogens (tertiary/aromatic N) is 5. The van der Waals surface area contributed by atoms with Crippen LogP contribution in [-0.4, -0.2) is 55.9 Å². The van der Waals surface area contributed by atoms with Crippen molar-refractivity contribution in [2.24, 2.45) is 0 Å². The van der Waals surface area contributed by atoms with E-state index in [1.807, 2.05) is 49.4 Å². The van der Waals surface area contributed by atoms with Crippen LogP contribution in [0.25, 0.3) is 16.6 Å². The second kappa shape index (κ2) is 11.5. The third-order valence-corrected chi connectivity index (χ3v) is 8.17. The molecule has 9 nitrogen and oxygen atoms in total. The number of hydrogen-bond donors (Lipinski definition) is 0. The molecule has 4 aromatic rings. The van der Waals surface area contributed by atoms with Gasteiger partial charge < -0.3 is 4.90 Å². The molecule has 206 valence electrons. The Hall–Kier alpha value is -3.60. The first-order valence-electron chi connectivity index (χ1n) is 13.0. The lowest BCUT2D eigenvalue weighted by Gasteiger charge is -2.43. The highest BCUT2D eigenvalue weighted by atomic mass is 79.9. The zero-order chi connectivity index (χ0) is 28.6. The molecule has 2 atom stereocenters. The fourth-order valence-electron chi connectivity index (χ4n) is 5.33. The van der Waals surface area contributed by atoms with Gasteiger partial charge in [0.05, 0.1) is 38.1 Å². The van der Waals surface area contributed by atoms with E-state index in [4.69, 9.17) is 16.6 Å². The van der Waals surface area contributed by atoms with Gasteiger partial charge in [0.1, 0.15) is 5.82 Å². The SMILES string of the molecule is CCC(c1nc2ccccc2c(=O)n1-c1ccc(Br)cc1)N1CCN(C(=O)c2ccc([N+](=O)[O-])cc2Cl)C(C)C1. The molecule has 1 aliphatic rings. The van der Waals surface area contributed by atoms with E-state index < -0.39 is 4.92 Å². The molecule has 3 aromatic carbocycles. The number of rotatable bonds is 6. The number of nitro groups is 1. The van der Waals surface area contributed by atoms with Crippen molar-refractivity contribution in [3.8, 4) is 5.69 Å². The highest BCUT2D eigenvalue weighted by Gasteiger charge is 2.34. The topological polar surface area (TPSA) is 102 Å². The van der Waals surface area contributed by atoms with E-state index in [1.54, 1.807) is 15.5 Å². The molecule has 1 saturated heterocycles. The number of carbonyl (C=O) groups excluding carboxylic acids is 1. The number of nitro benzene ring substituents is 1. The van der Waals surface area contributed by atoms with Crippen molar-refractivity contribution in [3.63, 3.8) is 0 Å². The first-order valence-corrected chi connectivity index (χ1v) is 14.1. The number of aromatic nitrogens is 2. The normalized spacial score (nSPS) is 16.7. The predicted molar refractivity (Wildman–Crippen MR) is 158 cm³/mol. The van der Waals surface area contributed by atoms with Gasteiger partial charge in [-0.2, -0.15) is 0 Å². The van der Waals surface area contributed by atoms with Crippen LogP contribution in [0.3, 0.4) is 0 Å². The van der Waals surface area contributed by atoms with Crippen LogP contribution in [0, 0.1) is 10.1 Å². The van der Waals surface area contributed by atoms with Gasteiger partial charge in [-0.25, -0.2) is 4.98 Å². The quantitative estimate of drug-likeness (QED) is 0.192. The van der Waals surface area contributed by atoms with E-state index in [9.17, 15) is 19.7 Å². The van der Waals surface area contributed by atoms with Crippen LogP contribution in [0.5, 0.6) is 0 Å². The molecule has 0 aliphatic carbocycles. The van der Waals surface area contributed by atoms with Crippen LogP contribution in [-0.2, 0) is 0 Å². The van der Waals surface area contributed by atoms with Crippen LogP contribution in [0.2, 0.25) is 5.02 Å². The van der Waals surface area contributed by atoms with Crippen LogP contribution < -0.4 is 5.56 Å². The maximum atomic E-state index is 13.8. The first-order chi connectivity index (χ1) is 19.2. The third kappa shape index (κ3) is 5.26. The molecule has 1 fully saturated rings. The van der Waals surface area contributed by atoms with E-state index in [0.717, 1.165) is 10.2 Å². The van der Waals surface area contributed by atoms with Crippen molar-refractivity contribution in [1.29, 1.82) is 0 Å². The van der Waals surface area contributed by atoms with Gasteiger partial charge in [-0.05, 0) is 55.8 Å².